The van der Waals surface area contributed by atoms with E-state index >= 15 is 0 Å². The summed E-state index contributed by atoms with van der Waals surface area (Å²) < 4.78 is 21.7. The number of hydrogen-bond donors (Lipinski definition) is 1. The molecule has 1 aromatic carbocycles. The highest BCUT2D eigenvalue weighted by Crippen LogP contribution is 2.12. The van der Waals surface area contributed by atoms with Crippen molar-refractivity contribution in [3.63, 3.8) is 0 Å². The lowest BCUT2D eigenvalue weighted by molar-refractivity contribution is -0.109. The Morgan fingerprint density at radius 3 is 2.26 bits per heavy atom. The lowest BCUT2D eigenvalue weighted by Gasteiger charge is -2.09. The zero-order chi connectivity index (χ0) is 16.6. The third kappa shape index (κ3) is 10.7. The Balaban J connectivity index is 1.97. The first-order chi connectivity index (χ1) is 11.4. The lowest BCUT2D eigenvalue weighted by atomic mass is 10.2. The molecule has 1 N–H and O–H groups in total. The average Bonchev–Trinajstić information content (AvgIpc) is 2.58. The minimum atomic E-state index is 0.476. The Bertz CT molecular complexity index is 414. The van der Waals surface area contributed by atoms with Gasteiger partial charge in [0.1, 0.15) is 12.4 Å². The van der Waals surface area contributed by atoms with Crippen LogP contribution in [0.1, 0.15) is 18.9 Å². The van der Waals surface area contributed by atoms with Crippen LogP contribution in [0.4, 0.5) is 0 Å². The van der Waals surface area contributed by atoms with Gasteiger partial charge in [0.25, 0.3) is 0 Å². The van der Waals surface area contributed by atoms with E-state index in [4.69, 9.17) is 18.9 Å². The van der Waals surface area contributed by atoms with Crippen LogP contribution >= 0.6 is 0 Å². The van der Waals surface area contributed by atoms with Crippen molar-refractivity contribution < 1.29 is 23.7 Å². The fraction of sp³-hybridized carbons (Fsp3) is 0.588. The third-order valence-electron chi connectivity index (χ3n) is 2.88. The van der Waals surface area contributed by atoms with Gasteiger partial charge < -0.3 is 24.3 Å². The van der Waals surface area contributed by atoms with Gasteiger partial charge in [-0.3, -0.25) is 4.79 Å². The Kier molecular flexibility index (Phi) is 11.8. The zero-order valence-electron chi connectivity index (χ0n) is 13.8. The van der Waals surface area contributed by atoms with Crippen LogP contribution in [-0.2, 0) is 25.5 Å². The molecule has 0 aliphatic heterocycles. The molecule has 0 saturated carbocycles. The summed E-state index contributed by atoms with van der Waals surface area (Å²) in [6.45, 7) is 6.67. The van der Waals surface area contributed by atoms with Crippen LogP contribution in [-0.4, -0.2) is 52.7 Å². The molecule has 0 fully saturated rings. The maximum absolute atomic E-state index is 10.3. The van der Waals surface area contributed by atoms with Crippen molar-refractivity contribution in [2.75, 3.05) is 46.2 Å². The molecular formula is C17H27NO5. The van der Waals surface area contributed by atoms with Gasteiger partial charge in [0.2, 0.25) is 6.41 Å². The number of amides is 1. The van der Waals surface area contributed by atoms with E-state index in [9.17, 15) is 4.79 Å². The molecule has 1 amide bonds. The molecule has 0 atom stereocenters. The summed E-state index contributed by atoms with van der Waals surface area (Å²) in [6, 6.07) is 7.60. The summed E-state index contributed by atoms with van der Waals surface area (Å²) >= 11 is 0. The SMILES string of the molecule is CCCOCCOCCOCCOc1cccc(CNC=O)c1. The first kappa shape index (κ1) is 19.4. The maximum Gasteiger partial charge on any atom is 0.207 e. The van der Waals surface area contributed by atoms with Crippen molar-refractivity contribution in [2.24, 2.45) is 0 Å². The van der Waals surface area contributed by atoms with Crippen LogP contribution < -0.4 is 10.1 Å². The monoisotopic (exact) mass is 325 g/mol. The number of rotatable bonds is 15. The average molecular weight is 325 g/mol. The highest BCUT2D eigenvalue weighted by molar-refractivity contribution is 5.46. The van der Waals surface area contributed by atoms with Gasteiger partial charge >= 0.3 is 0 Å². The smallest absolute Gasteiger partial charge is 0.207 e. The largest absolute Gasteiger partial charge is 0.491 e. The second-order valence-corrected chi connectivity index (χ2v) is 4.83. The number of nitrogens with one attached hydrogen (secondary N) is 1. The van der Waals surface area contributed by atoms with Crippen molar-refractivity contribution in [3.05, 3.63) is 29.8 Å². The molecular weight excluding hydrogens is 298 g/mol. The lowest BCUT2D eigenvalue weighted by Crippen LogP contribution is -2.13. The first-order valence-electron chi connectivity index (χ1n) is 7.98. The van der Waals surface area contributed by atoms with E-state index in [1.54, 1.807) is 0 Å². The molecule has 130 valence electrons. The van der Waals surface area contributed by atoms with Crippen molar-refractivity contribution >= 4 is 6.41 Å². The van der Waals surface area contributed by atoms with Crippen LogP contribution in [0.5, 0.6) is 5.75 Å². The second-order valence-electron chi connectivity index (χ2n) is 4.83. The Morgan fingerprint density at radius 1 is 0.957 bits per heavy atom. The van der Waals surface area contributed by atoms with E-state index in [0.717, 1.165) is 24.3 Å². The summed E-state index contributed by atoms with van der Waals surface area (Å²) in [5, 5.41) is 2.62. The highest BCUT2D eigenvalue weighted by Gasteiger charge is 1.97. The minimum Gasteiger partial charge on any atom is -0.491 e. The van der Waals surface area contributed by atoms with E-state index in [0.29, 0.717) is 52.6 Å². The molecule has 0 spiro atoms. The molecule has 1 aromatic rings. The molecule has 0 unspecified atom stereocenters. The van der Waals surface area contributed by atoms with Crippen LogP contribution in [0.3, 0.4) is 0 Å². The Labute approximate surface area is 138 Å². The number of carbonyl (C=O) groups excluding carboxylic acids is 1. The molecule has 1 rings (SSSR count). The Morgan fingerprint density at radius 2 is 1.61 bits per heavy atom. The number of ether oxygens (including phenoxy) is 4. The third-order valence-corrected chi connectivity index (χ3v) is 2.88. The number of benzene rings is 1. The maximum atomic E-state index is 10.3. The molecule has 6 nitrogen and oxygen atoms in total. The van der Waals surface area contributed by atoms with E-state index < -0.39 is 0 Å². The topological polar surface area (TPSA) is 66.0 Å². The summed E-state index contributed by atoms with van der Waals surface area (Å²) in [5.41, 5.74) is 0.995. The van der Waals surface area contributed by atoms with Crippen LogP contribution in [0.25, 0.3) is 0 Å². The van der Waals surface area contributed by atoms with Gasteiger partial charge in [0, 0.05) is 13.2 Å². The van der Waals surface area contributed by atoms with Crippen LogP contribution in [0.15, 0.2) is 24.3 Å². The molecule has 0 saturated heterocycles. The van der Waals surface area contributed by atoms with E-state index in [2.05, 4.69) is 12.2 Å². The summed E-state index contributed by atoms with van der Waals surface area (Å²) in [5.74, 6) is 0.767. The second kappa shape index (κ2) is 14.0. The molecule has 6 heteroatoms. The fourth-order valence-electron chi connectivity index (χ4n) is 1.81. The van der Waals surface area contributed by atoms with Crippen LogP contribution in [0.2, 0.25) is 0 Å². The molecule has 0 heterocycles. The summed E-state index contributed by atoms with van der Waals surface area (Å²) in [6.07, 6.45) is 1.71. The van der Waals surface area contributed by atoms with Gasteiger partial charge in [0.15, 0.2) is 0 Å². The number of hydrogen-bond acceptors (Lipinski definition) is 5. The van der Waals surface area contributed by atoms with Gasteiger partial charge in [-0.25, -0.2) is 0 Å². The molecule has 23 heavy (non-hydrogen) atoms. The van der Waals surface area contributed by atoms with Gasteiger partial charge in [-0.1, -0.05) is 19.1 Å². The van der Waals surface area contributed by atoms with E-state index in [1.165, 1.54) is 0 Å². The van der Waals surface area contributed by atoms with Crippen molar-refractivity contribution in [1.82, 2.24) is 5.32 Å². The highest BCUT2D eigenvalue weighted by atomic mass is 16.6. The normalized spacial score (nSPS) is 10.5. The molecule has 0 aromatic heterocycles. The van der Waals surface area contributed by atoms with Gasteiger partial charge in [-0.2, -0.15) is 0 Å². The quantitative estimate of drug-likeness (QED) is 0.393. The van der Waals surface area contributed by atoms with Crippen LogP contribution in [0, 0.1) is 0 Å². The van der Waals surface area contributed by atoms with E-state index in [-0.39, 0.29) is 0 Å². The molecule has 0 bridgehead atoms. The van der Waals surface area contributed by atoms with Gasteiger partial charge in [0.05, 0.1) is 33.0 Å². The summed E-state index contributed by atoms with van der Waals surface area (Å²) in [7, 11) is 0. The van der Waals surface area contributed by atoms with Crippen molar-refractivity contribution in [3.8, 4) is 5.75 Å². The minimum absolute atomic E-state index is 0.476. The fourth-order valence-corrected chi connectivity index (χ4v) is 1.81. The molecule has 0 aliphatic carbocycles. The van der Waals surface area contributed by atoms with Gasteiger partial charge in [-0.15, -0.1) is 0 Å². The van der Waals surface area contributed by atoms with Crippen molar-refractivity contribution in [2.45, 2.75) is 19.9 Å². The summed E-state index contributed by atoms with van der Waals surface area (Å²) in [4.78, 5) is 10.3. The zero-order valence-corrected chi connectivity index (χ0v) is 13.8. The van der Waals surface area contributed by atoms with Crippen molar-refractivity contribution in [1.29, 1.82) is 0 Å². The molecule has 0 aliphatic rings. The Hall–Kier alpha value is -1.63. The predicted molar refractivity (Wildman–Crippen MR) is 87.6 cm³/mol. The van der Waals surface area contributed by atoms with E-state index in [1.807, 2.05) is 24.3 Å². The first-order valence-corrected chi connectivity index (χ1v) is 7.98. The van der Waals surface area contributed by atoms with Gasteiger partial charge in [-0.05, 0) is 24.1 Å². The number of carbonyl (C=O) groups is 1. The molecule has 0 radical (unpaired) electrons. The standard InChI is InChI=1S/C17H27NO5/c1-2-6-20-7-8-21-9-10-22-11-12-23-17-5-3-4-16(13-17)14-18-15-19/h3-5,13,15H,2,6-12,14H2,1H3,(H,18,19). The predicted octanol–water partition coefficient (Wildman–Crippen LogP) is 1.77.